The maximum absolute atomic E-state index is 11.4. The molecule has 0 amide bonds. The number of nitriles is 1. The molecule has 2 aromatic rings. The fraction of sp³-hybridized carbons (Fsp3) is 0.176. The first-order valence-electron chi connectivity index (χ1n) is 6.79. The number of rotatable bonds is 5. The summed E-state index contributed by atoms with van der Waals surface area (Å²) in [5.41, 5.74) is 1.78. The highest BCUT2D eigenvalue weighted by Crippen LogP contribution is 2.33. The Morgan fingerprint density at radius 3 is 2.36 bits per heavy atom. The van der Waals surface area contributed by atoms with Crippen LogP contribution in [0.25, 0.3) is 11.1 Å². The molecular weight excluding hydrogens is 282 g/mol. The van der Waals surface area contributed by atoms with Crippen molar-refractivity contribution in [1.29, 1.82) is 5.26 Å². The zero-order valence-electron chi connectivity index (χ0n) is 11.8. The molecule has 0 atom stereocenters. The molecule has 2 aromatic carbocycles. The third-order valence-electron chi connectivity index (χ3n) is 3.40. The summed E-state index contributed by atoms with van der Waals surface area (Å²) in [5.74, 6) is -1.38. The van der Waals surface area contributed by atoms with Gasteiger partial charge in [-0.15, -0.1) is 0 Å². The van der Waals surface area contributed by atoms with E-state index in [4.69, 9.17) is 5.26 Å². The second-order valence-corrected chi connectivity index (χ2v) is 4.85. The van der Waals surface area contributed by atoms with Gasteiger partial charge >= 0.3 is 5.97 Å². The van der Waals surface area contributed by atoms with Gasteiger partial charge in [-0.2, -0.15) is 5.26 Å². The van der Waals surface area contributed by atoms with E-state index in [1.807, 2.05) is 6.07 Å². The van der Waals surface area contributed by atoms with E-state index < -0.39 is 5.97 Å². The highest BCUT2D eigenvalue weighted by molar-refractivity contribution is 5.95. The van der Waals surface area contributed by atoms with Crippen LogP contribution in [0.2, 0.25) is 0 Å². The van der Waals surface area contributed by atoms with Gasteiger partial charge in [0.1, 0.15) is 17.1 Å². The molecule has 5 nitrogen and oxygen atoms in total. The van der Waals surface area contributed by atoms with E-state index in [0.29, 0.717) is 30.4 Å². The molecule has 2 rings (SSSR count). The van der Waals surface area contributed by atoms with Crippen LogP contribution in [-0.4, -0.2) is 21.3 Å². The van der Waals surface area contributed by atoms with E-state index in [2.05, 4.69) is 0 Å². The molecule has 22 heavy (non-hydrogen) atoms. The molecule has 0 aliphatic heterocycles. The number of benzene rings is 2. The first kappa shape index (κ1) is 15.4. The number of hydrogen-bond acceptors (Lipinski definition) is 4. The molecule has 0 saturated carbocycles. The van der Waals surface area contributed by atoms with Crippen molar-refractivity contribution in [2.45, 2.75) is 19.3 Å². The number of aromatic hydroxyl groups is 2. The zero-order chi connectivity index (χ0) is 16.1. The van der Waals surface area contributed by atoms with Gasteiger partial charge in [-0.05, 0) is 47.7 Å². The Labute approximate surface area is 127 Å². The van der Waals surface area contributed by atoms with E-state index in [1.54, 1.807) is 18.2 Å². The minimum Gasteiger partial charge on any atom is -0.508 e. The van der Waals surface area contributed by atoms with Gasteiger partial charge in [-0.25, -0.2) is 4.79 Å². The fourth-order valence-corrected chi connectivity index (χ4v) is 2.39. The second kappa shape index (κ2) is 6.64. The number of phenolic OH excluding ortho intramolecular Hbond substituents is 1. The predicted octanol–water partition coefficient (Wildman–Crippen LogP) is 3.31. The predicted molar refractivity (Wildman–Crippen MR) is 80.7 cm³/mol. The van der Waals surface area contributed by atoms with Crippen molar-refractivity contribution in [1.82, 2.24) is 0 Å². The lowest BCUT2D eigenvalue weighted by atomic mass is 9.91. The number of hydrogen-bond donors (Lipinski definition) is 3. The summed E-state index contributed by atoms with van der Waals surface area (Å²) >= 11 is 0. The van der Waals surface area contributed by atoms with Crippen LogP contribution in [0.3, 0.4) is 0 Å². The molecule has 5 heteroatoms. The van der Waals surface area contributed by atoms with Crippen LogP contribution in [0, 0.1) is 11.3 Å². The number of carbonyl (C=O) groups is 1. The van der Waals surface area contributed by atoms with Gasteiger partial charge in [0.25, 0.3) is 0 Å². The maximum atomic E-state index is 11.4. The van der Waals surface area contributed by atoms with Gasteiger partial charge in [0.2, 0.25) is 0 Å². The normalized spacial score (nSPS) is 10.1. The first-order chi connectivity index (χ1) is 10.5. The monoisotopic (exact) mass is 297 g/mol. The van der Waals surface area contributed by atoms with Crippen molar-refractivity contribution in [3.05, 3.63) is 47.5 Å². The van der Waals surface area contributed by atoms with Crippen molar-refractivity contribution in [3.8, 4) is 28.7 Å². The van der Waals surface area contributed by atoms with Crippen LogP contribution in [0.1, 0.15) is 28.8 Å². The topological polar surface area (TPSA) is 102 Å². The number of nitrogens with zero attached hydrogens (tertiary/aromatic N) is 1. The van der Waals surface area contributed by atoms with Crippen molar-refractivity contribution >= 4 is 5.97 Å². The van der Waals surface area contributed by atoms with Gasteiger partial charge in [-0.3, -0.25) is 0 Å². The van der Waals surface area contributed by atoms with Crippen molar-refractivity contribution in [2.75, 3.05) is 0 Å². The van der Waals surface area contributed by atoms with Gasteiger partial charge in [0.15, 0.2) is 0 Å². The SMILES string of the molecule is N#CCCCc1c(-c2ccc(O)cc2)ccc(O)c1C(=O)O. The molecule has 0 aliphatic rings. The Morgan fingerprint density at radius 1 is 1.09 bits per heavy atom. The van der Waals surface area contributed by atoms with Gasteiger partial charge in [0, 0.05) is 6.42 Å². The molecule has 0 aliphatic carbocycles. The summed E-state index contributed by atoms with van der Waals surface area (Å²) < 4.78 is 0. The Morgan fingerprint density at radius 2 is 1.77 bits per heavy atom. The van der Waals surface area contributed by atoms with E-state index in [9.17, 15) is 20.1 Å². The van der Waals surface area contributed by atoms with Crippen LogP contribution >= 0.6 is 0 Å². The summed E-state index contributed by atoms with van der Waals surface area (Å²) in [6.07, 6.45) is 1.19. The zero-order valence-corrected chi connectivity index (χ0v) is 11.8. The Balaban J connectivity index is 2.57. The lowest BCUT2D eigenvalue weighted by Crippen LogP contribution is -2.05. The highest BCUT2D eigenvalue weighted by atomic mass is 16.4. The van der Waals surface area contributed by atoms with Gasteiger partial charge in [-0.1, -0.05) is 18.2 Å². The Kier molecular flexibility index (Phi) is 4.64. The number of aromatic carboxylic acids is 1. The maximum Gasteiger partial charge on any atom is 0.339 e. The minimum atomic E-state index is -1.20. The molecule has 3 N–H and O–H groups in total. The Hall–Kier alpha value is -3.00. The second-order valence-electron chi connectivity index (χ2n) is 4.85. The Bertz CT molecular complexity index is 730. The molecular formula is C17H15NO4. The van der Waals surface area contributed by atoms with Crippen molar-refractivity contribution in [2.24, 2.45) is 0 Å². The average molecular weight is 297 g/mol. The molecule has 0 saturated heterocycles. The summed E-state index contributed by atoms with van der Waals surface area (Å²) in [6.45, 7) is 0. The van der Waals surface area contributed by atoms with Crippen molar-refractivity contribution < 1.29 is 20.1 Å². The smallest absolute Gasteiger partial charge is 0.339 e. The summed E-state index contributed by atoms with van der Waals surface area (Å²) in [6, 6.07) is 11.4. The van der Waals surface area contributed by atoms with Crippen LogP contribution in [0.5, 0.6) is 11.5 Å². The summed E-state index contributed by atoms with van der Waals surface area (Å²) in [5, 5.41) is 37.2. The molecule has 112 valence electrons. The average Bonchev–Trinajstić information content (AvgIpc) is 2.48. The molecule has 0 unspecified atom stereocenters. The van der Waals surface area contributed by atoms with E-state index in [-0.39, 0.29) is 17.1 Å². The van der Waals surface area contributed by atoms with Crippen molar-refractivity contribution in [3.63, 3.8) is 0 Å². The van der Waals surface area contributed by atoms with E-state index in [1.165, 1.54) is 18.2 Å². The van der Waals surface area contributed by atoms with Gasteiger partial charge in [0.05, 0.1) is 6.07 Å². The molecule has 0 bridgehead atoms. The van der Waals surface area contributed by atoms with E-state index >= 15 is 0 Å². The third kappa shape index (κ3) is 3.18. The number of carboxylic acids is 1. The largest absolute Gasteiger partial charge is 0.508 e. The standard InChI is InChI=1S/C17H15NO4/c18-10-2-1-3-14-13(11-4-6-12(19)7-5-11)8-9-15(20)16(14)17(21)22/h4-9,19-20H,1-3H2,(H,21,22). The van der Waals surface area contributed by atoms with E-state index in [0.717, 1.165) is 5.56 Å². The molecule has 0 fully saturated rings. The number of unbranched alkanes of at least 4 members (excludes halogenated alkanes) is 1. The lowest BCUT2D eigenvalue weighted by molar-refractivity contribution is 0.0692. The number of carboxylic acid groups (broad SMARTS) is 1. The quantitative estimate of drug-likeness (QED) is 0.735. The van der Waals surface area contributed by atoms with Crippen LogP contribution in [0.15, 0.2) is 36.4 Å². The number of phenols is 2. The first-order valence-corrected chi connectivity index (χ1v) is 6.79. The third-order valence-corrected chi connectivity index (χ3v) is 3.40. The fourth-order valence-electron chi connectivity index (χ4n) is 2.39. The summed E-state index contributed by atoms with van der Waals surface area (Å²) in [7, 11) is 0. The molecule has 0 spiro atoms. The van der Waals surface area contributed by atoms with Crippen LogP contribution < -0.4 is 0 Å². The minimum absolute atomic E-state index is 0.118. The van der Waals surface area contributed by atoms with Gasteiger partial charge < -0.3 is 15.3 Å². The molecule has 0 radical (unpaired) electrons. The molecule has 0 heterocycles. The lowest BCUT2D eigenvalue weighted by Gasteiger charge is -2.14. The van der Waals surface area contributed by atoms with Crippen LogP contribution in [-0.2, 0) is 6.42 Å². The molecule has 0 aromatic heterocycles. The highest BCUT2D eigenvalue weighted by Gasteiger charge is 2.19. The van der Waals surface area contributed by atoms with Crippen LogP contribution in [0.4, 0.5) is 0 Å². The summed E-state index contributed by atoms with van der Waals surface area (Å²) in [4.78, 5) is 11.4.